The number of nitrogens with one attached hydrogen (secondary N) is 3. The van der Waals surface area contributed by atoms with Crippen LogP contribution >= 0.6 is 0 Å². The number of hydrogen-bond acceptors (Lipinski definition) is 8. The smallest absolute Gasteiger partial charge is 0.252 e. The van der Waals surface area contributed by atoms with Gasteiger partial charge in [0.05, 0.1) is 35.6 Å². The molecule has 1 amide bonds. The average molecular weight is 438 g/mol. The minimum atomic E-state index is -3.50. The van der Waals surface area contributed by atoms with Crippen LogP contribution in [0.1, 0.15) is 36.0 Å². The molecule has 0 saturated heterocycles. The maximum absolute atomic E-state index is 14.6. The molecule has 2 aromatic heterocycles. The highest BCUT2D eigenvalue weighted by molar-refractivity contribution is 7.92. The SMILES string of the molecule is CS(=O)(=O)Nc1cncc(Nc2nc(N[C@@H]3CCCC[C@@H]3N)c(F)cc2C(N)=O)c1. The first kappa shape index (κ1) is 21.7. The monoisotopic (exact) mass is 437 g/mol. The van der Waals surface area contributed by atoms with Gasteiger partial charge in [-0.3, -0.25) is 14.5 Å². The van der Waals surface area contributed by atoms with Gasteiger partial charge in [0.15, 0.2) is 11.6 Å². The fourth-order valence-corrected chi connectivity index (χ4v) is 3.84. The van der Waals surface area contributed by atoms with Crippen LogP contribution in [0.3, 0.4) is 0 Å². The van der Waals surface area contributed by atoms with Crippen LogP contribution < -0.4 is 26.8 Å². The number of primary amides is 1. The van der Waals surface area contributed by atoms with Crippen LogP contribution in [-0.4, -0.2) is 42.6 Å². The highest BCUT2D eigenvalue weighted by Crippen LogP contribution is 2.27. The maximum atomic E-state index is 14.6. The Morgan fingerprint density at radius 2 is 1.87 bits per heavy atom. The second-order valence-electron chi connectivity index (χ2n) is 7.24. The summed E-state index contributed by atoms with van der Waals surface area (Å²) < 4.78 is 39.7. The maximum Gasteiger partial charge on any atom is 0.252 e. The van der Waals surface area contributed by atoms with Crippen molar-refractivity contribution >= 4 is 38.9 Å². The number of nitrogens with two attached hydrogens (primary N) is 2. The van der Waals surface area contributed by atoms with E-state index in [0.717, 1.165) is 38.0 Å². The largest absolute Gasteiger partial charge is 0.365 e. The summed E-state index contributed by atoms with van der Waals surface area (Å²) in [5.74, 6) is -1.64. The van der Waals surface area contributed by atoms with E-state index < -0.39 is 21.7 Å². The molecule has 2 atom stereocenters. The van der Waals surface area contributed by atoms with E-state index in [2.05, 4.69) is 25.3 Å². The Morgan fingerprint density at radius 1 is 1.17 bits per heavy atom. The molecule has 162 valence electrons. The summed E-state index contributed by atoms with van der Waals surface area (Å²) in [4.78, 5) is 19.9. The molecule has 3 rings (SSSR count). The fourth-order valence-electron chi connectivity index (χ4n) is 3.30. The lowest BCUT2D eigenvalue weighted by Crippen LogP contribution is -2.43. The molecule has 0 unspecified atom stereocenters. The summed E-state index contributed by atoms with van der Waals surface area (Å²) >= 11 is 0. The van der Waals surface area contributed by atoms with Crippen molar-refractivity contribution in [3.8, 4) is 0 Å². The van der Waals surface area contributed by atoms with Gasteiger partial charge in [0.1, 0.15) is 5.82 Å². The minimum absolute atomic E-state index is 0.00841. The molecule has 30 heavy (non-hydrogen) atoms. The molecule has 1 saturated carbocycles. The molecular weight excluding hydrogens is 413 g/mol. The summed E-state index contributed by atoms with van der Waals surface area (Å²) in [6, 6.07) is 2.18. The number of pyridine rings is 2. The topological polar surface area (TPSA) is 165 Å². The molecule has 7 N–H and O–H groups in total. The van der Waals surface area contributed by atoms with Gasteiger partial charge in [-0.05, 0) is 25.0 Å². The van der Waals surface area contributed by atoms with Crippen molar-refractivity contribution in [1.82, 2.24) is 9.97 Å². The van der Waals surface area contributed by atoms with E-state index in [1.54, 1.807) is 0 Å². The molecule has 1 aliphatic rings. The molecule has 2 aromatic rings. The van der Waals surface area contributed by atoms with Crippen molar-refractivity contribution < 1.29 is 17.6 Å². The predicted molar refractivity (Wildman–Crippen MR) is 113 cm³/mol. The van der Waals surface area contributed by atoms with Gasteiger partial charge in [-0.2, -0.15) is 0 Å². The standard InChI is InChI=1S/C18H24FN7O3S/c1-30(28,29)26-11-6-10(8-22-9-11)23-17-12(16(21)27)7-13(19)18(25-17)24-15-5-3-2-4-14(15)20/h6-9,14-15,26H,2-5,20H2,1H3,(H2,21,27)(H2,23,24,25)/t14-,15+/m0/s1. The first-order valence-electron chi connectivity index (χ1n) is 9.34. The molecule has 0 spiro atoms. The lowest BCUT2D eigenvalue weighted by Gasteiger charge is -2.30. The van der Waals surface area contributed by atoms with E-state index >= 15 is 0 Å². The zero-order chi connectivity index (χ0) is 21.9. The third-order valence-electron chi connectivity index (χ3n) is 4.69. The number of carbonyl (C=O) groups excluding carboxylic acids is 1. The van der Waals surface area contributed by atoms with Gasteiger partial charge >= 0.3 is 0 Å². The Hall–Kier alpha value is -2.99. The third-order valence-corrected chi connectivity index (χ3v) is 5.29. The quantitative estimate of drug-likeness (QED) is 0.435. The van der Waals surface area contributed by atoms with Crippen LogP contribution in [0.25, 0.3) is 0 Å². The van der Waals surface area contributed by atoms with Gasteiger partial charge in [0.2, 0.25) is 10.0 Å². The number of hydrogen-bond donors (Lipinski definition) is 5. The molecule has 0 aliphatic heterocycles. The van der Waals surface area contributed by atoms with Gasteiger partial charge in [-0.25, -0.2) is 17.8 Å². The number of amides is 1. The average Bonchev–Trinajstić information content (AvgIpc) is 2.64. The zero-order valence-electron chi connectivity index (χ0n) is 16.4. The highest BCUT2D eigenvalue weighted by Gasteiger charge is 2.24. The normalized spacial score (nSPS) is 19.2. The first-order chi connectivity index (χ1) is 14.1. The predicted octanol–water partition coefficient (Wildman–Crippen LogP) is 1.51. The van der Waals surface area contributed by atoms with Crippen molar-refractivity contribution in [3.63, 3.8) is 0 Å². The number of halogens is 1. The number of aromatic nitrogens is 2. The summed E-state index contributed by atoms with van der Waals surface area (Å²) in [6.07, 6.45) is 7.33. The van der Waals surface area contributed by atoms with E-state index in [1.807, 2.05) is 0 Å². The first-order valence-corrected chi connectivity index (χ1v) is 11.2. The van der Waals surface area contributed by atoms with Crippen LogP contribution in [0.4, 0.5) is 27.4 Å². The molecule has 0 radical (unpaired) electrons. The molecule has 0 aromatic carbocycles. The van der Waals surface area contributed by atoms with Crippen LogP contribution in [-0.2, 0) is 10.0 Å². The van der Waals surface area contributed by atoms with Crippen molar-refractivity contribution in [2.24, 2.45) is 11.5 Å². The minimum Gasteiger partial charge on any atom is -0.365 e. The third kappa shape index (κ3) is 5.54. The van der Waals surface area contributed by atoms with Gasteiger partial charge in [-0.15, -0.1) is 0 Å². The van der Waals surface area contributed by atoms with Gasteiger partial charge in [0, 0.05) is 12.1 Å². The Kier molecular flexibility index (Phi) is 6.37. The van der Waals surface area contributed by atoms with Crippen LogP contribution in [0.5, 0.6) is 0 Å². The van der Waals surface area contributed by atoms with E-state index in [4.69, 9.17) is 11.5 Å². The summed E-state index contributed by atoms with van der Waals surface area (Å²) in [5.41, 5.74) is 11.9. The summed E-state index contributed by atoms with van der Waals surface area (Å²) in [6.45, 7) is 0. The Labute approximate surface area is 173 Å². The Morgan fingerprint density at radius 3 is 2.53 bits per heavy atom. The van der Waals surface area contributed by atoms with Crippen LogP contribution in [0.2, 0.25) is 0 Å². The molecule has 12 heteroatoms. The molecule has 1 fully saturated rings. The molecule has 10 nitrogen and oxygen atoms in total. The Bertz CT molecular complexity index is 1050. The zero-order valence-corrected chi connectivity index (χ0v) is 17.2. The van der Waals surface area contributed by atoms with Crippen molar-refractivity contribution in [3.05, 3.63) is 35.9 Å². The number of anilines is 4. The van der Waals surface area contributed by atoms with E-state index in [-0.39, 0.29) is 35.0 Å². The Balaban J connectivity index is 1.91. The van der Waals surface area contributed by atoms with Crippen LogP contribution in [0.15, 0.2) is 24.5 Å². The van der Waals surface area contributed by atoms with Crippen molar-refractivity contribution in [1.29, 1.82) is 0 Å². The lowest BCUT2D eigenvalue weighted by atomic mass is 9.91. The lowest BCUT2D eigenvalue weighted by molar-refractivity contribution is 0.100. The molecular formula is C18H24FN7O3S. The van der Waals surface area contributed by atoms with Crippen molar-refractivity contribution in [2.45, 2.75) is 37.8 Å². The highest BCUT2D eigenvalue weighted by atomic mass is 32.2. The summed E-state index contributed by atoms with van der Waals surface area (Å²) in [5, 5.41) is 5.87. The summed E-state index contributed by atoms with van der Waals surface area (Å²) in [7, 11) is -3.50. The van der Waals surface area contributed by atoms with E-state index in [0.29, 0.717) is 5.69 Å². The van der Waals surface area contributed by atoms with E-state index in [9.17, 15) is 17.6 Å². The number of nitrogens with zero attached hydrogens (tertiary/aromatic N) is 2. The van der Waals surface area contributed by atoms with Crippen LogP contribution in [0, 0.1) is 5.82 Å². The fraction of sp³-hybridized carbons (Fsp3) is 0.389. The molecule has 0 bridgehead atoms. The second-order valence-corrected chi connectivity index (χ2v) is 8.99. The second kappa shape index (κ2) is 8.79. The van der Waals surface area contributed by atoms with Gasteiger partial charge in [-0.1, -0.05) is 12.8 Å². The molecule has 2 heterocycles. The van der Waals surface area contributed by atoms with E-state index in [1.165, 1.54) is 18.5 Å². The van der Waals surface area contributed by atoms with Gasteiger partial charge in [0.25, 0.3) is 5.91 Å². The molecule has 1 aliphatic carbocycles. The van der Waals surface area contributed by atoms with Crippen molar-refractivity contribution in [2.75, 3.05) is 21.6 Å². The van der Waals surface area contributed by atoms with Gasteiger partial charge < -0.3 is 22.1 Å². The number of rotatable bonds is 7. The number of carbonyl (C=O) groups is 1. The number of sulfonamides is 1.